The van der Waals surface area contributed by atoms with Crippen LogP contribution < -0.4 is 4.57 Å². The molecule has 1 aromatic heterocycles. The van der Waals surface area contributed by atoms with Crippen molar-refractivity contribution < 1.29 is 33.2 Å². The number of rotatable bonds is 6. The minimum absolute atomic E-state index is 0.139. The standard InChI is InChI=1S/C11H16NO6P/c1-2-17-11(13)18-10(9-19(14,15)16)8-12-6-4-3-5-7-12/h3-7,10H,2,8-9H2,1H3,(H-,14,15,16)/p+1. The third-order valence-electron chi connectivity index (χ3n) is 2.16. The molecule has 1 rings (SSSR count). The molecule has 2 N–H and O–H groups in total. The quantitative estimate of drug-likeness (QED) is 0.454. The van der Waals surface area contributed by atoms with Gasteiger partial charge in [0.15, 0.2) is 25.0 Å². The van der Waals surface area contributed by atoms with Gasteiger partial charge >= 0.3 is 13.8 Å². The number of aromatic nitrogens is 1. The van der Waals surface area contributed by atoms with Gasteiger partial charge in [-0.1, -0.05) is 6.07 Å². The molecular formula is C11H17NO6P+. The number of nitrogens with zero attached hydrogens (tertiary/aromatic N) is 1. The van der Waals surface area contributed by atoms with E-state index in [1.54, 1.807) is 42.1 Å². The maximum absolute atomic E-state index is 11.2. The summed E-state index contributed by atoms with van der Waals surface area (Å²) in [5.74, 6) is 0. The second-order valence-electron chi connectivity index (χ2n) is 3.84. The van der Waals surface area contributed by atoms with Gasteiger partial charge in [0.25, 0.3) is 0 Å². The number of carbonyl (C=O) groups excluding carboxylic acids is 1. The van der Waals surface area contributed by atoms with E-state index in [9.17, 15) is 9.36 Å². The number of hydrogen-bond acceptors (Lipinski definition) is 4. The molecule has 0 aliphatic carbocycles. The van der Waals surface area contributed by atoms with Crippen LogP contribution in [0.1, 0.15) is 6.92 Å². The van der Waals surface area contributed by atoms with Gasteiger partial charge in [-0.25, -0.2) is 9.36 Å². The lowest BCUT2D eigenvalue weighted by atomic mass is 10.4. The third-order valence-corrected chi connectivity index (χ3v) is 3.04. The molecule has 0 aliphatic heterocycles. The third kappa shape index (κ3) is 6.91. The fourth-order valence-electron chi connectivity index (χ4n) is 1.48. The molecule has 0 bridgehead atoms. The lowest BCUT2D eigenvalue weighted by Gasteiger charge is -2.15. The fourth-order valence-corrected chi connectivity index (χ4v) is 2.20. The van der Waals surface area contributed by atoms with Gasteiger partial charge in [-0.15, -0.1) is 0 Å². The van der Waals surface area contributed by atoms with Crippen molar-refractivity contribution in [2.24, 2.45) is 0 Å². The Bertz CT molecular complexity index is 446. The summed E-state index contributed by atoms with van der Waals surface area (Å²) in [5, 5.41) is 0. The van der Waals surface area contributed by atoms with Crippen LogP contribution in [-0.2, 0) is 20.6 Å². The summed E-state index contributed by atoms with van der Waals surface area (Å²) >= 11 is 0. The molecule has 0 fully saturated rings. The Morgan fingerprint density at radius 3 is 2.47 bits per heavy atom. The van der Waals surface area contributed by atoms with Crippen molar-refractivity contribution in [2.45, 2.75) is 19.6 Å². The fraction of sp³-hybridized carbons (Fsp3) is 0.455. The summed E-state index contributed by atoms with van der Waals surface area (Å²) in [6, 6.07) is 5.33. The van der Waals surface area contributed by atoms with Gasteiger partial charge in [0, 0.05) is 12.1 Å². The summed E-state index contributed by atoms with van der Waals surface area (Å²) in [7, 11) is -4.28. The molecule has 106 valence electrons. The molecule has 1 unspecified atom stereocenters. The van der Waals surface area contributed by atoms with Crippen LogP contribution in [0.5, 0.6) is 0 Å². The van der Waals surface area contributed by atoms with Crippen LogP contribution in [0.4, 0.5) is 4.79 Å². The lowest BCUT2D eigenvalue weighted by Crippen LogP contribution is -2.42. The maximum Gasteiger partial charge on any atom is 0.508 e. The molecule has 0 amide bonds. The molecule has 0 radical (unpaired) electrons. The average molecular weight is 290 g/mol. The summed E-state index contributed by atoms with van der Waals surface area (Å²) < 4.78 is 22.2. The largest absolute Gasteiger partial charge is 0.508 e. The van der Waals surface area contributed by atoms with E-state index in [-0.39, 0.29) is 13.2 Å². The Kier molecular flexibility index (Phi) is 5.95. The van der Waals surface area contributed by atoms with Crippen LogP contribution in [0.25, 0.3) is 0 Å². The van der Waals surface area contributed by atoms with Gasteiger partial charge in [-0.05, 0) is 6.92 Å². The van der Waals surface area contributed by atoms with Gasteiger partial charge < -0.3 is 19.3 Å². The summed E-state index contributed by atoms with van der Waals surface area (Å²) in [4.78, 5) is 29.2. The predicted molar refractivity (Wildman–Crippen MR) is 65.4 cm³/mol. The van der Waals surface area contributed by atoms with Crippen LogP contribution in [0.2, 0.25) is 0 Å². The molecule has 7 nitrogen and oxygen atoms in total. The smallest absolute Gasteiger partial charge is 0.435 e. The maximum atomic E-state index is 11.2. The molecule has 1 aromatic rings. The molecule has 0 saturated carbocycles. The summed E-state index contributed by atoms with van der Waals surface area (Å²) in [6.45, 7) is 1.90. The van der Waals surface area contributed by atoms with Crippen molar-refractivity contribution >= 4 is 13.8 Å². The van der Waals surface area contributed by atoms with Crippen molar-refractivity contribution in [2.75, 3.05) is 12.8 Å². The zero-order valence-corrected chi connectivity index (χ0v) is 11.4. The molecule has 0 aliphatic rings. The van der Waals surface area contributed by atoms with E-state index in [1.807, 2.05) is 0 Å². The van der Waals surface area contributed by atoms with E-state index in [1.165, 1.54) is 0 Å². The number of pyridine rings is 1. The highest BCUT2D eigenvalue weighted by Crippen LogP contribution is 2.35. The molecular weight excluding hydrogens is 273 g/mol. The summed E-state index contributed by atoms with van der Waals surface area (Å²) in [6.07, 6.45) is 0.987. The van der Waals surface area contributed by atoms with Crippen molar-refractivity contribution in [1.82, 2.24) is 0 Å². The van der Waals surface area contributed by atoms with Gasteiger partial charge in [-0.2, -0.15) is 0 Å². The Morgan fingerprint density at radius 2 is 1.95 bits per heavy atom. The van der Waals surface area contributed by atoms with E-state index in [0.717, 1.165) is 0 Å². The number of carbonyl (C=O) groups is 1. The van der Waals surface area contributed by atoms with Crippen LogP contribution in [0.15, 0.2) is 30.6 Å². The minimum Gasteiger partial charge on any atom is -0.435 e. The first-order valence-corrected chi connectivity index (χ1v) is 7.52. The van der Waals surface area contributed by atoms with Gasteiger partial charge in [0.05, 0.1) is 12.8 Å². The van der Waals surface area contributed by atoms with Crippen molar-refractivity contribution in [3.05, 3.63) is 30.6 Å². The topological polar surface area (TPSA) is 96.9 Å². The zero-order valence-electron chi connectivity index (χ0n) is 10.5. The highest BCUT2D eigenvalue weighted by atomic mass is 31.2. The van der Waals surface area contributed by atoms with Gasteiger partial charge in [0.2, 0.25) is 0 Å². The van der Waals surface area contributed by atoms with E-state index in [2.05, 4.69) is 4.74 Å². The Labute approximate surface area is 110 Å². The molecule has 1 atom stereocenters. The van der Waals surface area contributed by atoms with Crippen molar-refractivity contribution in [1.29, 1.82) is 0 Å². The first kappa shape index (κ1) is 15.6. The molecule has 0 aromatic carbocycles. The highest BCUT2D eigenvalue weighted by molar-refractivity contribution is 7.51. The molecule has 8 heteroatoms. The van der Waals surface area contributed by atoms with Crippen molar-refractivity contribution in [3.63, 3.8) is 0 Å². The molecule has 19 heavy (non-hydrogen) atoms. The van der Waals surface area contributed by atoms with E-state index in [0.29, 0.717) is 0 Å². The van der Waals surface area contributed by atoms with Crippen LogP contribution >= 0.6 is 7.60 Å². The number of hydrogen-bond donors (Lipinski definition) is 2. The SMILES string of the molecule is CCOC(=O)OC(C[n+]1ccccc1)CP(=O)(O)O. The van der Waals surface area contributed by atoms with E-state index < -0.39 is 26.0 Å². The normalized spacial score (nSPS) is 12.8. The Morgan fingerprint density at radius 1 is 1.32 bits per heavy atom. The predicted octanol–water partition coefficient (Wildman–Crippen LogP) is 0.693. The van der Waals surface area contributed by atoms with E-state index in [4.69, 9.17) is 14.5 Å². The first-order valence-electron chi connectivity index (χ1n) is 5.73. The second-order valence-corrected chi connectivity index (χ2v) is 5.54. The first-order chi connectivity index (χ1) is 8.90. The molecule has 0 spiro atoms. The second kappa shape index (κ2) is 7.23. The van der Waals surface area contributed by atoms with Crippen molar-refractivity contribution in [3.8, 4) is 0 Å². The summed E-state index contributed by atoms with van der Waals surface area (Å²) in [5.41, 5.74) is 0. The van der Waals surface area contributed by atoms with Crippen LogP contribution in [0, 0.1) is 0 Å². The Balaban J connectivity index is 2.69. The van der Waals surface area contributed by atoms with Gasteiger partial charge in [0.1, 0.15) is 0 Å². The van der Waals surface area contributed by atoms with Gasteiger partial charge in [-0.3, -0.25) is 4.57 Å². The highest BCUT2D eigenvalue weighted by Gasteiger charge is 2.28. The molecule has 1 heterocycles. The average Bonchev–Trinajstić information content (AvgIpc) is 2.28. The Hall–Kier alpha value is -1.43. The zero-order chi connectivity index (χ0) is 14.3. The lowest BCUT2D eigenvalue weighted by molar-refractivity contribution is -0.702. The monoisotopic (exact) mass is 290 g/mol. The van der Waals surface area contributed by atoms with Crippen LogP contribution in [0.3, 0.4) is 0 Å². The number of ether oxygens (including phenoxy) is 2. The minimum atomic E-state index is -4.28. The van der Waals surface area contributed by atoms with E-state index >= 15 is 0 Å². The molecule has 0 saturated heterocycles. The van der Waals surface area contributed by atoms with Crippen LogP contribution in [-0.4, -0.2) is 34.8 Å².